The molecule has 3 aromatic rings. The average molecular weight is 379 g/mol. The summed E-state index contributed by atoms with van der Waals surface area (Å²) in [6, 6.07) is 24.8. The normalized spacial score (nSPS) is 11.4. The minimum absolute atomic E-state index is 0.139. The Balaban J connectivity index is 1.58. The van der Waals surface area contributed by atoms with Crippen LogP contribution in [0, 0.1) is 6.92 Å². The van der Waals surface area contributed by atoms with Crippen LogP contribution in [0.4, 0.5) is 0 Å². The largest absolute Gasteiger partial charge is 0.457 e. The number of rotatable bonds is 7. The third-order valence-electron chi connectivity index (χ3n) is 5.05. The standard InChI is InChI=1S/C25H27ClO/c1-19-9-15-23(16-10-19)27-24-8-4-6-20(18-24)7-5-17-25(2,3)21-11-13-22(26)14-12-21/h4,6,8-16,18H,5,7,17H2,1-3H3. The molecule has 0 unspecified atom stereocenters. The van der Waals surface area contributed by atoms with Gasteiger partial charge in [0.05, 0.1) is 0 Å². The van der Waals surface area contributed by atoms with Gasteiger partial charge in [-0.25, -0.2) is 0 Å². The summed E-state index contributed by atoms with van der Waals surface area (Å²) in [5.41, 5.74) is 4.02. The molecular formula is C25H27ClO. The van der Waals surface area contributed by atoms with E-state index in [1.807, 2.05) is 30.3 Å². The Hall–Kier alpha value is -2.25. The molecule has 0 N–H and O–H groups in total. The molecule has 140 valence electrons. The van der Waals surface area contributed by atoms with Crippen molar-refractivity contribution < 1.29 is 4.74 Å². The van der Waals surface area contributed by atoms with E-state index < -0.39 is 0 Å². The predicted molar refractivity (Wildman–Crippen MR) is 115 cm³/mol. The van der Waals surface area contributed by atoms with Crippen LogP contribution >= 0.6 is 11.6 Å². The molecule has 0 aliphatic rings. The molecule has 1 nitrogen and oxygen atoms in total. The molecule has 0 saturated carbocycles. The van der Waals surface area contributed by atoms with Crippen molar-refractivity contribution in [3.05, 3.63) is 94.5 Å². The zero-order valence-corrected chi connectivity index (χ0v) is 17.1. The fourth-order valence-electron chi connectivity index (χ4n) is 3.29. The van der Waals surface area contributed by atoms with Crippen LogP contribution in [0.15, 0.2) is 72.8 Å². The van der Waals surface area contributed by atoms with Crippen molar-refractivity contribution >= 4 is 11.6 Å². The SMILES string of the molecule is Cc1ccc(Oc2cccc(CCCC(C)(C)c3ccc(Cl)cc3)c2)cc1. The first-order valence-corrected chi connectivity index (χ1v) is 9.90. The lowest BCUT2D eigenvalue weighted by Gasteiger charge is -2.25. The maximum absolute atomic E-state index is 6.01. The van der Waals surface area contributed by atoms with Crippen molar-refractivity contribution in [2.45, 2.75) is 45.4 Å². The lowest BCUT2D eigenvalue weighted by atomic mass is 9.80. The Labute approximate surface area is 168 Å². The second kappa shape index (κ2) is 8.63. The molecular weight excluding hydrogens is 352 g/mol. The molecule has 0 amide bonds. The first-order chi connectivity index (χ1) is 12.9. The van der Waals surface area contributed by atoms with E-state index in [4.69, 9.17) is 16.3 Å². The number of benzene rings is 3. The molecule has 0 fully saturated rings. The number of hydrogen-bond donors (Lipinski definition) is 0. The third kappa shape index (κ3) is 5.61. The molecule has 0 saturated heterocycles. The highest BCUT2D eigenvalue weighted by Gasteiger charge is 2.19. The molecule has 0 spiro atoms. The van der Waals surface area contributed by atoms with Crippen LogP contribution in [0.25, 0.3) is 0 Å². The van der Waals surface area contributed by atoms with Gasteiger partial charge in [0.2, 0.25) is 0 Å². The van der Waals surface area contributed by atoms with Crippen LogP contribution in [0.3, 0.4) is 0 Å². The first kappa shape index (κ1) is 19.5. The highest BCUT2D eigenvalue weighted by molar-refractivity contribution is 6.30. The van der Waals surface area contributed by atoms with E-state index in [-0.39, 0.29) is 5.41 Å². The average Bonchev–Trinajstić information content (AvgIpc) is 2.64. The minimum atomic E-state index is 0.139. The van der Waals surface area contributed by atoms with Gasteiger partial charge in [0, 0.05) is 5.02 Å². The van der Waals surface area contributed by atoms with Gasteiger partial charge in [-0.05, 0) is 79.1 Å². The molecule has 0 atom stereocenters. The maximum Gasteiger partial charge on any atom is 0.127 e. The molecule has 27 heavy (non-hydrogen) atoms. The third-order valence-corrected chi connectivity index (χ3v) is 5.30. The molecule has 0 aromatic heterocycles. The molecule has 0 aliphatic carbocycles. The van der Waals surface area contributed by atoms with Crippen molar-refractivity contribution in [1.29, 1.82) is 0 Å². The first-order valence-electron chi connectivity index (χ1n) is 9.52. The predicted octanol–water partition coefficient (Wildman–Crippen LogP) is 7.74. The number of halogens is 1. The molecule has 0 aliphatic heterocycles. The molecule has 0 heterocycles. The summed E-state index contributed by atoms with van der Waals surface area (Å²) in [5, 5.41) is 0.792. The Kier molecular flexibility index (Phi) is 6.23. The molecule has 0 radical (unpaired) electrons. The number of aryl methyl sites for hydroxylation is 2. The van der Waals surface area contributed by atoms with Gasteiger partial charge in [-0.1, -0.05) is 67.4 Å². The molecule has 0 bridgehead atoms. The van der Waals surface area contributed by atoms with E-state index in [9.17, 15) is 0 Å². The van der Waals surface area contributed by atoms with Gasteiger partial charge in [0.15, 0.2) is 0 Å². The van der Waals surface area contributed by atoms with Crippen LogP contribution in [0.1, 0.15) is 43.4 Å². The fourth-order valence-corrected chi connectivity index (χ4v) is 3.41. The summed E-state index contributed by atoms with van der Waals surface area (Å²) in [6.45, 7) is 6.68. The van der Waals surface area contributed by atoms with Gasteiger partial charge < -0.3 is 4.74 Å². The molecule has 3 aromatic carbocycles. The van der Waals surface area contributed by atoms with Gasteiger partial charge in [0.1, 0.15) is 11.5 Å². The van der Waals surface area contributed by atoms with Crippen LogP contribution < -0.4 is 4.74 Å². The van der Waals surface area contributed by atoms with Crippen molar-refractivity contribution in [1.82, 2.24) is 0 Å². The van der Waals surface area contributed by atoms with E-state index in [0.717, 1.165) is 35.8 Å². The van der Waals surface area contributed by atoms with Gasteiger partial charge >= 0.3 is 0 Å². The summed E-state index contributed by atoms with van der Waals surface area (Å²) in [5.74, 6) is 1.77. The molecule has 2 heteroatoms. The quantitative estimate of drug-likeness (QED) is 0.408. The Morgan fingerprint density at radius 3 is 2.26 bits per heavy atom. The van der Waals surface area contributed by atoms with Gasteiger partial charge in [0.25, 0.3) is 0 Å². The Morgan fingerprint density at radius 1 is 0.852 bits per heavy atom. The van der Waals surface area contributed by atoms with Crippen LogP contribution in [-0.4, -0.2) is 0 Å². The lowest BCUT2D eigenvalue weighted by Crippen LogP contribution is -2.17. The zero-order chi connectivity index (χ0) is 19.3. The van der Waals surface area contributed by atoms with Crippen molar-refractivity contribution in [3.8, 4) is 11.5 Å². The monoisotopic (exact) mass is 378 g/mol. The summed E-state index contributed by atoms with van der Waals surface area (Å²) >= 11 is 6.01. The summed E-state index contributed by atoms with van der Waals surface area (Å²) < 4.78 is 5.99. The van der Waals surface area contributed by atoms with Crippen LogP contribution in [-0.2, 0) is 11.8 Å². The lowest BCUT2D eigenvalue weighted by molar-refractivity contribution is 0.460. The molecule has 3 rings (SSSR count). The highest BCUT2D eigenvalue weighted by Crippen LogP contribution is 2.30. The van der Waals surface area contributed by atoms with Crippen molar-refractivity contribution in [2.24, 2.45) is 0 Å². The van der Waals surface area contributed by atoms with Gasteiger partial charge in [-0.2, -0.15) is 0 Å². The second-order valence-corrected chi connectivity index (χ2v) is 8.24. The minimum Gasteiger partial charge on any atom is -0.457 e. The Bertz CT molecular complexity index is 864. The number of hydrogen-bond acceptors (Lipinski definition) is 1. The topological polar surface area (TPSA) is 9.23 Å². The fraction of sp³-hybridized carbons (Fsp3) is 0.280. The number of ether oxygens (including phenoxy) is 1. The van der Waals surface area contributed by atoms with E-state index in [0.29, 0.717) is 0 Å². The smallest absolute Gasteiger partial charge is 0.127 e. The van der Waals surface area contributed by atoms with E-state index in [1.54, 1.807) is 0 Å². The van der Waals surface area contributed by atoms with Crippen molar-refractivity contribution in [2.75, 3.05) is 0 Å². The van der Waals surface area contributed by atoms with Crippen LogP contribution in [0.2, 0.25) is 5.02 Å². The summed E-state index contributed by atoms with van der Waals surface area (Å²) in [6.07, 6.45) is 3.30. The zero-order valence-electron chi connectivity index (χ0n) is 16.3. The van der Waals surface area contributed by atoms with Crippen molar-refractivity contribution in [3.63, 3.8) is 0 Å². The Morgan fingerprint density at radius 2 is 1.56 bits per heavy atom. The summed E-state index contributed by atoms with van der Waals surface area (Å²) in [4.78, 5) is 0. The summed E-state index contributed by atoms with van der Waals surface area (Å²) in [7, 11) is 0. The maximum atomic E-state index is 6.01. The van der Waals surface area contributed by atoms with E-state index in [2.05, 4.69) is 63.2 Å². The van der Waals surface area contributed by atoms with Crippen LogP contribution in [0.5, 0.6) is 11.5 Å². The van der Waals surface area contributed by atoms with Gasteiger partial charge in [-0.15, -0.1) is 0 Å². The van der Waals surface area contributed by atoms with Gasteiger partial charge in [-0.3, -0.25) is 0 Å². The van der Waals surface area contributed by atoms with E-state index >= 15 is 0 Å². The second-order valence-electron chi connectivity index (χ2n) is 7.81. The highest BCUT2D eigenvalue weighted by atomic mass is 35.5. The van der Waals surface area contributed by atoms with E-state index in [1.165, 1.54) is 16.7 Å².